The molecule has 3 rings (SSSR count). The van der Waals surface area contributed by atoms with Crippen LogP contribution in [0.4, 0.5) is 10.1 Å². The number of anilines is 1. The van der Waals surface area contributed by atoms with E-state index in [1.54, 1.807) is 0 Å². The maximum Gasteiger partial charge on any atom is 0.234 e. The summed E-state index contributed by atoms with van der Waals surface area (Å²) in [6.07, 6.45) is 0. The molecule has 0 aliphatic rings. The highest BCUT2D eigenvalue weighted by Crippen LogP contribution is 2.27. The van der Waals surface area contributed by atoms with Crippen molar-refractivity contribution in [3.8, 4) is 11.4 Å². The van der Waals surface area contributed by atoms with E-state index in [0.717, 1.165) is 15.5 Å². The molecular weight excluding hydrogens is 345 g/mol. The summed E-state index contributed by atoms with van der Waals surface area (Å²) in [5, 5.41) is 2.72. The van der Waals surface area contributed by atoms with Crippen LogP contribution in [0.3, 0.4) is 0 Å². The van der Waals surface area contributed by atoms with Crippen LogP contribution in [0, 0.1) is 12.7 Å². The number of thioether (sulfide) groups is 1. The zero-order chi connectivity index (χ0) is 16.9. The Labute approximate surface area is 147 Å². The minimum Gasteiger partial charge on any atom is -0.325 e. The minimum atomic E-state index is -0.333. The van der Waals surface area contributed by atoms with Gasteiger partial charge in [-0.05, 0) is 48.3 Å². The van der Waals surface area contributed by atoms with Crippen molar-refractivity contribution in [3.63, 3.8) is 0 Å². The van der Waals surface area contributed by atoms with Crippen molar-refractivity contribution in [1.29, 1.82) is 0 Å². The summed E-state index contributed by atoms with van der Waals surface area (Å²) in [6, 6.07) is 13.6. The highest BCUT2D eigenvalue weighted by molar-refractivity contribution is 8.01. The first-order valence-corrected chi connectivity index (χ1v) is 8.95. The van der Waals surface area contributed by atoms with Crippen molar-refractivity contribution in [2.75, 3.05) is 11.1 Å². The molecule has 7 heteroatoms. The first-order valence-electron chi connectivity index (χ1n) is 7.20. The first kappa shape index (κ1) is 16.6. The van der Waals surface area contributed by atoms with Crippen molar-refractivity contribution in [2.45, 2.75) is 11.3 Å². The molecule has 122 valence electrons. The van der Waals surface area contributed by atoms with Gasteiger partial charge < -0.3 is 5.32 Å². The van der Waals surface area contributed by atoms with Crippen molar-refractivity contribution >= 4 is 34.9 Å². The third-order valence-electron chi connectivity index (χ3n) is 3.25. The lowest BCUT2D eigenvalue weighted by atomic mass is 10.1. The lowest BCUT2D eigenvalue weighted by molar-refractivity contribution is -0.113. The molecule has 0 spiro atoms. The quantitative estimate of drug-likeness (QED) is 0.687. The zero-order valence-corrected chi connectivity index (χ0v) is 14.5. The van der Waals surface area contributed by atoms with Crippen LogP contribution in [-0.4, -0.2) is 21.0 Å². The number of benzene rings is 2. The summed E-state index contributed by atoms with van der Waals surface area (Å²) < 4.78 is 17.9. The van der Waals surface area contributed by atoms with Crippen LogP contribution in [0.1, 0.15) is 5.56 Å². The topological polar surface area (TPSA) is 54.9 Å². The van der Waals surface area contributed by atoms with Gasteiger partial charge in [-0.15, -0.1) is 0 Å². The van der Waals surface area contributed by atoms with Crippen LogP contribution < -0.4 is 5.32 Å². The summed E-state index contributed by atoms with van der Waals surface area (Å²) in [5.74, 6) is 0.401. The fraction of sp³-hybridized carbons (Fsp3) is 0.118. The van der Waals surface area contributed by atoms with Crippen molar-refractivity contribution in [3.05, 3.63) is 59.9 Å². The third kappa shape index (κ3) is 4.18. The van der Waals surface area contributed by atoms with Gasteiger partial charge in [-0.1, -0.05) is 36.0 Å². The summed E-state index contributed by atoms with van der Waals surface area (Å²) in [6.45, 7) is 2.01. The van der Waals surface area contributed by atoms with E-state index >= 15 is 0 Å². The molecule has 0 saturated carbocycles. The predicted octanol–water partition coefficient (Wildman–Crippen LogP) is 4.38. The second-order valence-corrected chi connectivity index (χ2v) is 7.02. The monoisotopic (exact) mass is 359 g/mol. The van der Waals surface area contributed by atoms with E-state index in [4.69, 9.17) is 0 Å². The maximum absolute atomic E-state index is 12.8. The van der Waals surface area contributed by atoms with E-state index in [2.05, 4.69) is 14.7 Å². The lowest BCUT2D eigenvalue weighted by Crippen LogP contribution is -2.13. The first-order chi connectivity index (χ1) is 11.6. The molecule has 0 fully saturated rings. The molecule has 1 heterocycles. The minimum absolute atomic E-state index is 0.167. The Kier molecular flexibility index (Phi) is 5.22. The summed E-state index contributed by atoms with van der Waals surface area (Å²) in [5.41, 5.74) is 2.68. The van der Waals surface area contributed by atoms with Crippen LogP contribution in [-0.2, 0) is 4.79 Å². The van der Waals surface area contributed by atoms with E-state index in [0.29, 0.717) is 11.5 Å². The van der Waals surface area contributed by atoms with Gasteiger partial charge in [-0.25, -0.2) is 9.37 Å². The fourth-order valence-corrected chi connectivity index (χ4v) is 3.47. The van der Waals surface area contributed by atoms with E-state index in [1.165, 1.54) is 47.6 Å². The van der Waals surface area contributed by atoms with Crippen LogP contribution in [0.2, 0.25) is 0 Å². The highest BCUT2D eigenvalue weighted by Gasteiger charge is 2.11. The molecule has 3 aromatic rings. The molecular formula is C17H14FN3OS2. The van der Waals surface area contributed by atoms with Gasteiger partial charge in [0.15, 0.2) is 10.2 Å². The Balaban J connectivity index is 1.58. The Bertz CT molecular complexity index is 849. The Morgan fingerprint density at radius 2 is 1.96 bits per heavy atom. The van der Waals surface area contributed by atoms with Crippen molar-refractivity contribution in [1.82, 2.24) is 9.36 Å². The van der Waals surface area contributed by atoms with Gasteiger partial charge in [0.2, 0.25) is 5.91 Å². The van der Waals surface area contributed by atoms with Crippen LogP contribution in [0.5, 0.6) is 0 Å². The molecule has 1 amide bonds. The maximum atomic E-state index is 12.8. The number of aryl methyl sites for hydroxylation is 1. The normalized spacial score (nSPS) is 10.6. The number of aromatic nitrogens is 2. The molecule has 0 radical (unpaired) electrons. The van der Waals surface area contributed by atoms with Gasteiger partial charge in [-0.3, -0.25) is 4.79 Å². The largest absolute Gasteiger partial charge is 0.325 e. The zero-order valence-electron chi connectivity index (χ0n) is 12.8. The van der Waals surface area contributed by atoms with Gasteiger partial charge in [0, 0.05) is 11.3 Å². The number of nitrogens with zero attached hydrogens (tertiary/aromatic N) is 2. The number of nitrogens with one attached hydrogen (secondary N) is 1. The van der Waals surface area contributed by atoms with E-state index in [9.17, 15) is 9.18 Å². The average molecular weight is 359 g/mol. The molecule has 1 aromatic heterocycles. The number of carbonyl (C=O) groups excluding carboxylic acids is 1. The SMILES string of the molecule is Cc1ccccc1-c1nsc(SCC(=O)Nc2ccc(F)cc2)n1. The molecule has 1 N–H and O–H groups in total. The number of hydrogen-bond acceptors (Lipinski definition) is 5. The third-order valence-corrected chi connectivity index (χ3v) is 5.08. The molecule has 2 aromatic carbocycles. The van der Waals surface area contributed by atoms with E-state index in [-0.39, 0.29) is 17.5 Å². The lowest BCUT2D eigenvalue weighted by Gasteiger charge is -2.03. The van der Waals surface area contributed by atoms with Crippen molar-refractivity contribution in [2.24, 2.45) is 0 Å². The van der Waals surface area contributed by atoms with Crippen LogP contribution in [0.25, 0.3) is 11.4 Å². The van der Waals surface area contributed by atoms with Crippen molar-refractivity contribution < 1.29 is 9.18 Å². The summed E-state index contributed by atoms with van der Waals surface area (Å²) in [7, 11) is 0. The van der Waals surface area contributed by atoms with Crippen LogP contribution >= 0.6 is 23.3 Å². The number of halogens is 1. The van der Waals surface area contributed by atoms with E-state index in [1.807, 2.05) is 31.2 Å². The molecule has 0 unspecified atom stereocenters. The molecule has 4 nitrogen and oxygen atoms in total. The second kappa shape index (κ2) is 7.55. The molecule has 0 saturated heterocycles. The number of hydrogen-bond donors (Lipinski definition) is 1. The van der Waals surface area contributed by atoms with Gasteiger partial charge >= 0.3 is 0 Å². The van der Waals surface area contributed by atoms with Gasteiger partial charge in [0.05, 0.1) is 5.75 Å². The van der Waals surface area contributed by atoms with Crippen LogP contribution in [0.15, 0.2) is 52.9 Å². The predicted molar refractivity (Wildman–Crippen MR) is 95.8 cm³/mol. The number of rotatable bonds is 5. The average Bonchev–Trinajstić information content (AvgIpc) is 3.04. The number of carbonyl (C=O) groups is 1. The second-order valence-electron chi connectivity index (χ2n) is 5.04. The molecule has 0 aliphatic carbocycles. The van der Waals surface area contributed by atoms with Gasteiger partial charge in [0.25, 0.3) is 0 Å². The Morgan fingerprint density at radius 3 is 2.71 bits per heavy atom. The van der Waals surface area contributed by atoms with E-state index < -0.39 is 0 Å². The Hall–Kier alpha value is -2.25. The fourth-order valence-electron chi connectivity index (χ4n) is 2.06. The van der Waals surface area contributed by atoms with Gasteiger partial charge in [-0.2, -0.15) is 4.37 Å². The number of amides is 1. The Morgan fingerprint density at radius 1 is 1.21 bits per heavy atom. The highest BCUT2D eigenvalue weighted by atomic mass is 32.2. The van der Waals surface area contributed by atoms with Gasteiger partial charge in [0.1, 0.15) is 5.82 Å². The standard InChI is InChI=1S/C17H14FN3OS2/c1-11-4-2-3-5-14(11)16-20-17(24-21-16)23-10-15(22)19-13-8-6-12(18)7-9-13/h2-9H,10H2,1H3,(H,19,22). The molecule has 0 aliphatic heterocycles. The molecule has 0 bridgehead atoms. The summed E-state index contributed by atoms with van der Waals surface area (Å²) in [4.78, 5) is 16.4. The summed E-state index contributed by atoms with van der Waals surface area (Å²) >= 11 is 2.61. The smallest absolute Gasteiger partial charge is 0.234 e. The molecule has 0 atom stereocenters. The molecule has 24 heavy (non-hydrogen) atoms.